The zero-order chi connectivity index (χ0) is 15.4. The third-order valence-corrected chi connectivity index (χ3v) is 2.96. The first kappa shape index (κ1) is 14.7. The van der Waals surface area contributed by atoms with Gasteiger partial charge in [-0.1, -0.05) is 6.07 Å². The van der Waals surface area contributed by atoms with Gasteiger partial charge in [-0.2, -0.15) is 0 Å². The Morgan fingerprint density at radius 1 is 1.10 bits per heavy atom. The highest BCUT2D eigenvalue weighted by molar-refractivity contribution is 6.05. The first-order valence-corrected chi connectivity index (χ1v) is 6.27. The van der Waals surface area contributed by atoms with Crippen LogP contribution in [0.1, 0.15) is 26.3 Å². The summed E-state index contributed by atoms with van der Waals surface area (Å²) in [4.78, 5) is 23.5. The van der Waals surface area contributed by atoms with Gasteiger partial charge in [-0.3, -0.25) is 4.79 Å². The Balaban J connectivity index is 2.19. The van der Waals surface area contributed by atoms with Crippen LogP contribution in [0.25, 0.3) is 0 Å². The highest BCUT2D eigenvalue weighted by atomic mass is 19.1. The number of hydrogen-bond acceptors (Lipinski definition) is 3. The normalized spacial score (nSPS) is 10.0. The maximum atomic E-state index is 13.2. The second-order valence-electron chi connectivity index (χ2n) is 4.49. The van der Waals surface area contributed by atoms with Crippen LogP contribution >= 0.6 is 0 Å². The molecule has 0 aliphatic heterocycles. The fraction of sp³-hybridized carbons (Fsp3) is 0.125. The van der Waals surface area contributed by atoms with Crippen LogP contribution < -0.4 is 5.32 Å². The first-order chi connectivity index (χ1) is 10.0. The van der Waals surface area contributed by atoms with Crippen molar-refractivity contribution in [2.24, 2.45) is 0 Å². The van der Waals surface area contributed by atoms with Gasteiger partial charge >= 0.3 is 5.97 Å². The molecule has 0 aliphatic rings. The SMILES string of the molecule is COC(=O)c1cccc(NC(=O)c2ccc(F)c(C)c2)c1. The number of methoxy groups -OCH3 is 1. The number of rotatable bonds is 3. The monoisotopic (exact) mass is 287 g/mol. The average Bonchev–Trinajstić information content (AvgIpc) is 2.49. The zero-order valence-corrected chi connectivity index (χ0v) is 11.6. The standard InChI is InChI=1S/C16H14FNO3/c1-10-8-11(6-7-14(10)17)15(19)18-13-5-3-4-12(9-13)16(20)21-2/h3-9H,1-2H3,(H,18,19). The molecule has 1 N–H and O–H groups in total. The van der Waals surface area contributed by atoms with Crippen LogP contribution in [0.2, 0.25) is 0 Å². The summed E-state index contributed by atoms with van der Waals surface area (Å²) in [5, 5.41) is 2.66. The largest absolute Gasteiger partial charge is 0.465 e. The third-order valence-electron chi connectivity index (χ3n) is 2.96. The van der Waals surface area contributed by atoms with E-state index in [0.29, 0.717) is 22.4 Å². The summed E-state index contributed by atoms with van der Waals surface area (Å²) in [6.07, 6.45) is 0. The predicted molar refractivity (Wildman–Crippen MR) is 76.9 cm³/mol. The van der Waals surface area contributed by atoms with Gasteiger partial charge in [-0.15, -0.1) is 0 Å². The number of esters is 1. The molecule has 0 aliphatic carbocycles. The number of carbonyl (C=O) groups is 2. The van der Waals surface area contributed by atoms with Crippen molar-refractivity contribution in [3.8, 4) is 0 Å². The molecule has 0 spiro atoms. The van der Waals surface area contributed by atoms with E-state index in [1.165, 1.54) is 31.4 Å². The molecular formula is C16H14FNO3. The topological polar surface area (TPSA) is 55.4 Å². The van der Waals surface area contributed by atoms with E-state index >= 15 is 0 Å². The molecule has 0 aromatic heterocycles. The summed E-state index contributed by atoms with van der Waals surface area (Å²) in [6.45, 7) is 1.59. The molecule has 0 unspecified atom stereocenters. The number of nitrogens with one attached hydrogen (secondary N) is 1. The predicted octanol–water partition coefficient (Wildman–Crippen LogP) is 3.17. The summed E-state index contributed by atoms with van der Waals surface area (Å²) in [6, 6.07) is 10.5. The number of hydrogen-bond donors (Lipinski definition) is 1. The first-order valence-electron chi connectivity index (χ1n) is 6.27. The van der Waals surface area contributed by atoms with E-state index in [0.717, 1.165) is 0 Å². The van der Waals surface area contributed by atoms with Crippen molar-refractivity contribution < 1.29 is 18.7 Å². The molecule has 0 bridgehead atoms. The fourth-order valence-electron chi connectivity index (χ4n) is 1.83. The molecule has 21 heavy (non-hydrogen) atoms. The number of aryl methyl sites for hydroxylation is 1. The number of carbonyl (C=O) groups excluding carboxylic acids is 2. The van der Waals surface area contributed by atoms with E-state index in [-0.39, 0.29) is 11.7 Å². The van der Waals surface area contributed by atoms with Crippen LogP contribution in [0.3, 0.4) is 0 Å². The lowest BCUT2D eigenvalue weighted by atomic mass is 10.1. The van der Waals surface area contributed by atoms with Gasteiger partial charge in [0.15, 0.2) is 0 Å². The van der Waals surface area contributed by atoms with E-state index in [2.05, 4.69) is 10.1 Å². The van der Waals surface area contributed by atoms with Crippen LogP contribution in [-0.4, -0.2) is 19.0 Å². The summed E-state index contributed by atoms with van der Waals surface area (Å²) >= 11 is 0. The van der Waals surface area contributed by atoms with Crippen molar-refractivity contribution in [3.05, 3.63) is 65.0 Å². The average molecular weight is 287 g/mol. The Kier molecular flexibility index (Phi) is 4.33. The highest BCUT2D eigenvalue weighted by Gasteiger charge is 2.10. The quantitative estimate of drug-likeness (QED) is 0.882. The maximum absolute atomic E-state index is 13.2. The van der Waals surface area contributed by atoms with Gasteiger partial charge < -0.3 is 10.1 Å². The number of ether oxygens (including phenoxy) is 1. The Morgan fingerprint density at radius 3 is 2.52 bits per heavy atom. The lowest BCUT2D eigenvalue weighted by molar-refractivity contribution is 0.0600. The Labute approximate surface area is 121 Å². The van der Waals surface area contributed by atoms with E-state index in [9.17, 15) is 14.0 Å². The maximum Gasteiger partial charge on any atom is 0.337 e. The minimum absolute atomic E-state index is 0.339. The van der Waals surface area contributed by atoms with Crippen LogP contribution in [0.15, 0.2) is 42.5 Å². The summed E-state index contributed by atoms with van der Waals surface area (Å²) in [5.41, 5.74) is 1.54. The lowest BCUT2D eigenvalue weighted by Gasteiger charge is -2.07. The molecule has 108 valence electrons. The second-order valence-corrected chi connectivity index (χ2v) is 4.49. The van der Waals surface area contributed by atoms with Gasteiger partial charge in [0.25, 0.3) is 5.91 Å². The molecule has 2 aromatic rings. The molecule has 2 aromatic carbocycles. The van der Waals surface area contributed by atoms with Crippen molar-refractivity contribution in [2.75, 3.05) is 12.4 Å². The molecule has 0 saturated carbocycles. The Hall–Kier alpha value is -2.69. The second kappa shape index (κ2) is 6.17. The Bertz CT molecular complexity index is 698. The summed E-state index contributed by atoms with van der Waals surface area (Å²) in [7, 11) is 1.29. The van der Waals surface area contributed by atoms with E-state index in [1.807, 2.05) is 0 Å². The van der Waals surface area contributed by atoms with Gasteiger partial charge in [0.2, 0.25) is 0 Å². The molecule has 0 atom stereocenters. The van der Waals surface area contributed by atoms with Crippen LogP contribution in [0.5, 0.6) is 0 Å². The van der Waals surface area contributed by atoms with Gasteiger partial charge in [-0.25, -0.2) is 9.18 Å². The number of halogens is 1. The molecule has 5 heteroatoms. The summed E-state index contributed by atoms with van der Waals surface area (Å²) in [5.74, 6) is -1.22. The fourth-order valence-corrected chi connectivity index (χ4v) is 1.83. The van der Waals surface area contributed by atoms with Crippen molar-refractivity contribution in [3.63, 3.8) is 0 Å². The molecule has 4 nitrogen and oxygen atoms in total. The van der Waals surface area contributed by atoms with Crippen LogP contribution in [-0.2, 0) is 4.74 Å². The Morgan fingerprint density at radius 2 is 1.86 bits per heavy atom. The molecule has 0 radical (unpaired) electrons. The van der Waals surface area contributed by atoms with Gasteiger partial charge in [-0.05, 0) is 48.9 Å². The van der Waals surface area contributed by atoms with Crippen LogP contribution in [0, 0.1) is 12.7 Å². The van der Waals surface area contributed by atoms with Crippen molar-refractivity contribution >= 4 is 17.6 Å². The summed E-state index contributed by atoms with van der Waals surface area (Å²) < 4.78 is 17.8. The van der Waals surface area contributed by atoms with Crippen molar-refractivity contribution in [2.45, 2.75) is 6.92 Å². The van der Waals surface area contributed by atoms with Crippen LogP contribution in [0.4, 0.5) is 10.1 Å². The zero-order valence-electron chi connectivity index (χ0n) is 11.6. The number of amides is 1. The number of anilines is 1. The van der Waals surface area contributed by atoms with Gasteiger partial charge in [0.1, 0.15) is 5.82 Å². The molecule has 2 rings (SSSR count). The van der Waals surface area contributed by atoms with Crippen molar-refractivity contribution in [1.29, 1.82) is 0 Å². The molecule has 0 fully saturated rings. The minimum Gasteiger partial charge on any atom is -0.465 e. The number of benzene rings is 2. The van der Waals surface area contributed by atoms with Gasteiger partial charge in [0, 0.05) is 11.3 Å². The molecule has 0 heterocycles. The van der Waals surface area contributed by atoms with Gasteiger partial charge in [0.05, 0.1) is 12.7 Å². The van der Waals surface area contributed by atoms with Crippen molar-refractivity contribution in [1.82, 2.24) is 0 Å². The van der Waals surface area contributed by atoms with E-state index in [4.69, 9.17) is 0 Å². The third kappa shape index (κ3) is 3.45. The molecular weight excluding hydrogens is 273 g/mol. The van der Waals surface area contributed by atoms with E-state index in [1.54, 1.807) is 25.1 Å². The molecule has 1 amide bonds. The van der Waals surface area contributed by atoms with E-state index < -0.39 is 5.97 Å². The highest BCUT2D eigenvalue weighted by Crippen LogP contribution is 2.15. The molecule has 0 saturated heterocycles. The lowest BCUT2D eigenvalue weighted by Crippen LogP contribution is -2.13. The minimum atomic E-state index is -0.483. The smallest absolute Gasteiger partial charge is 0.337 e.